The normalized spacial score (nSPS) is 14.1. The van der Waals surface area contributed by atoms with Gasteiger partial charge in [-0.15, -0.1) is 11.3 Å². The minimum Gasteiger partial charge on any atom is -0.355 e. The first-order valence-corrected chi connectivity index (χ1v) is 10.9. The maximum Gasteiger partial charge on any atom is 0.0463 e. The van der Waals surface area contributed by atoms with E-state index in [0.717, 1.165) is 11.4 Å². The highest BCUT2D eigenvalue weighted by molar-refractivity contribution is 7.20. The van der Waals surface area contributed by atoms with Crippen LogP contribution in [-0.4, -0.2) is 0 Å². The molecule has 0 fully saturated rings. The van der Waals surface area contributed by atoms with E-state index >= 15 is 0 Å². The Morgan fingerprint density at radius 1 is 0.759 bits per heavy atom. The highest BCUT2D eigenvalue weighted by atomic mass is 32.1. The molecule has 5 aromatic rings. The van der Waals surface area contributed by atoms with Crippen LogP contribution in [0.1, 0.15) is 24.3 Å². The van der Waals surface area contributed by atoms with Crippen LogP contribution in [0.15, 0.2) is 84.9 Å². The second-order valence-electron chi connectivity index (χ2n) is 8.34. The summed E-state index contributed by atoms with van der Waals surface area (Å²) < 4.78 is 1.38. The molecule has 0 atom stereocenters. The zero-order valence-corrected chi connectivity index (χ0v) is 17.3. The van der Waals surface area contributed by atoms with Crippen molar-refractivity contribution < 1.29 is 0 Å². The van der Waals surface area contributed by atoms with Gasteiger partial charge >= 0.3 is 0 Å². The second kappa shape index (κ2) is 5.95. The SMILES string of the molecule is CC1(C)c2cc(Nc3cccc4ccccc34)ccc2-c2c1sc1ccccc21. The molecule has 0 bridgehead atoms. The van der Waals surface area contributed by atoms with E-state index in [-0.39, 0.29) is 5.41 Å². The van der Waals surface area contributed by atoms with Crippen molar-refractivity contribution in [1.29, 1.82) is 0 Å². The van der Waals surface area contributed by atoms with Crippen LogP contribution >= 0.6 is 11.3 Å². The Labute approximate surface area is 174 Å². The van der Waals surface area contributed by atoms with Crippen LogP contribution in [0.5, 0.6) is 0 Å². The first-order chi connectivity index (χ1) is 14.1. The summed E-state index contributed by atoms with van der Waals surface area (Å²) >= 11 is 1.94. The monoisotopic (exact) mass is 391 g/mol. The summed E-state index contributed by atoms with van der Waals surface area (Å²) in [5, 5.41) is 7.56. The summed E-state index contributed by atoms with van der Waals surface area (Å²) in [5.74, 6) is 0. The van der Waals surface area contributed by atoms with Gasteiger partial charge in [0.25, 0.3) is 0 Å². The van der Waals surface area contributed by atoms with Crippen molar-refractivity contribution in [2.45, 2.75) is 19.3 Å². The molecule has 1 heterocycles. The molecule has 2 heteroatoms. The molecule has 4 aromatic carbocycles. The van der Waals surface area contributed by atoms with E-state index in [4.69, 9.17) is 0 Å². The summed E-state index contributed by atoms with van der Waals surface area (Å²) in [6, 6.07) is 30.6. The number of thiophene rings is 1. The van der Waals surface area contributed by atoms with E-state index in [0.29, 0.717) is 0 Å². The number of hydrogen-bond donors (Lipinski definition) is 1. The summed E-state index contributed by atoms with van der Waals surface area (Å²) in [6.07, 6.45) is 0. The molecule has 1 aromatic heterocycles. The zero-order chi connectivity index (χ0) is 19.6. The summed E-state index contributed by atoms with van der Waals surface area (Å²) in [5.41, 5.74) is 6.54. The fourth-order valence-electron chi connectivity index (χ4n) is 4.72. The molecule has 1 aliphatic rings. The molecular formula is C27H21NS. The third kappa shape index (κ3) is 2.39. The first-order valence-electron chi connectivity index (χ1n) is 10.0. The Bertz CT molecular complexity index is 1400. The Balaban J connectivity index is 1.49. The minimum atomic E-state index is 0.0186. The maximum absolute atomic E-state index is 3.67. The topological polar surface area (TPSA) is 12.0 Å². The van der Waals surface area contributed by atoms with Crippen LogP contribution in [0, 0.1) is 0 Å². The van der Waals surface area contributed by atoms with Gasteiger partial charge in [-0.05, 0) is 40.8 Å². The van der Waals surface area contributed by atoms with Gasteiger partial charge in [-0.2, -0.15) is 0 Å². The van der Waals surface area contributed by atoms with E-state index < -0.39 is 0 Å². The van der Waals surface area contributed by atoms with Gasteiger partial charge in [-0.25, -0.2) is 0 Å². The lowest BCUT2D eigenvalue weighted by molar-refractivity contribution is 0.674. The molecule has 0 saturated carbocycles. The number of benzene rings is 4. The molecule has 1 aliphatic carbocycles. The largest absolute Gasteiger partial charge is 0.355 e. The van der Waals surface area contributed by atoms with E-state index in [2.05, 4.69) is 104 Å². The smallest absolute Gasteiger partial charge is 0.0463 e. The fraction of sp³-hybridized carbons (Fsp3) is 0.111. The zero-order valence-electron chi connectivity index (χ0n) is 16.5. The lowest BCUT2D eigenvalue weighted by Crippen LogP contribution is -2.13. The Morgan fingerprint density at radius 3 is 2.41 bits per heavy atom. The lowest BCUT2D eigenvalue weighted by Gasteiger charge is -2.21. The average molecular weight is 392 g/mol. The quantitative estimate of drug-likeness (QED) is 0.320. The highest BCUT2D eigenvalue weighted by Gasteiger charge is 2.38. The van der Waals surface area contributed by atoms with Gasteiger partial charge in [-0.3, -0.25) is 0 Å². The fourth-order valence-corrected chi connectivity index (χ4v) is 6.06. The lowest BCUT2D eigenvalue weighted by atomic mass is 9.86. The Kier molecular flexibility index (Phi) is 3.45. The van der Waals surface area contributed by atoms with Crippen LogP contribution < -0.4 is 5.32 Å². The van der Waals surface area contributed by atoms with Crippen LogP contribution in [0.25, 0.3) is 32.0 Å². The maximum atomic E-state index is 3.67. The Morgan fingerprint density at radius 2 is 1.52 bits per heavy atom. The second-order valence-corrected chi connectivity index (χ2v) is 9.39. The number of nitrogens with one attached hydrogen (secondary N) is 1. The molecule has 0 unspecified atom stereocenters. The van der Waals surface area contributed by atoms with E-state index in [1.54, 1.807) is 0 Å². The summed E-state index contributed by atoms with van der Waals surface area (Å²) in [6.45, 7) is 4.71. The predicted molar refractivity (Wildman–Crippen MR) is 127 cm³/mol. The summed E-state index contributed by atoms with van der Waals surface area (Å²) in [7, 11) is 0. The summed E-state index contributed by atoms with van der Waals surface area (Å²) in [4.78, 5) is 1.48. The van der Waals surface area contributed by atoms with Crippen molar-refractivity contribution >= 4 is 43.6 Å². The molecule has 0 radical (unpaired) electrons. The van der Waals surface area contributed by atoms with Crippen LogP contribution in [0.4, 0.5) is 11.4 Å². The molecule has 1 nitrogen and oxygen atoms in total. The van der Waals surface area contributed by atoms with Gasteiger partial charge in [-0.1, -0.05) is 74.5 Å². The average Bonchev–Trinajstić information content (AvgIpc) is 3.23. The number of anilines is 2. The Hall–Kier alpha value is -3.10. The van der Waals surface area contributed by atoms with Gasteiger partial charge in [0.05, 0.1) is 0 Å². The standard InChI is InChI=1S/C27H21NS/c1-27(2)22-16-18(28-23-12-7-9-17-8-3-4-10-19(17)23)14-15-20(22)25-21-11-5-6-13-24(21)29-26(25)27/h3-16,28H,1-2H3. The molecule has 6 rings (SSSR count). The first kappa shape index (κ1) is 16.8. The minimum absolute atomic E-state index is 0.0186. The van der Waals surface area contributed by atoms with E-state index in [9.17, 15) is 0 Å². The van der Waals surface area contributed by atoms with Crippen molar-refractivity contribution in [3.8, 4) is 11.1 Å². The van der Waals surface area contributed by atoms with E-state index in [1.807, 2.05) is 11.3 Å². The van der Waals surface area contributed by atoms with Gasteiger partial charge in [0.2, 0.25) is 0 Å². The van der Waals surface area contributed by atoms with Crippen LogP contribution in [0.3, 0.4) is 0 Å². The third-order valence-corrected chi connectivity index (χ3v) is 7.69. The highest BCUT2D eigenvalue weighted by Crippen LogP contribution is 2.55. The van der Waals surface area contributed by atoms with Gasteiger partial charge < -0.3 is 5.32 Å². The number of rotatable bonds is 2. The predicted octanol–water partition coefficient (Wildman–Crippen LogP) is 8.10. The molecule has 0 aliphatic heterocycles. The van der Waals surface area contributed by atoms with Crippen molar-refractivity contribution in [1.82, 2.24) is 0 Å². The molecule has 0 saturated heterocycles. The van der Waals surface area contributed by atoms with Gasteiger partial charge in [0, 0.05) is 42.7 Å². The van der Waals surface area contributed by atoms with Crippen molar-refractivity contribution in [2.75, 3.05) is 5.32 Å². The number of fused-ring (bicyclic) bond motifs is 6. The molecule has 140 valence electrons. The van der Waals surface area contributed by atoms with Crippen molar-refractivity contribution in [2.24, 2.45) is 0 Å². The molecular weight excluding hydrogens is 370 g/mol. The van der Waals surface area contributed by atoms with E-state index in [1.165, 1.54) is 42.4 Å². The van der Waals surface area contributed by atoms with Crippen LogP contribution in [0.2, 0.25) is 0 Å². The third-order valence-electron chi connectivity index (χ3n) is 6.19. The van der Waals surface area contributed by atoms with Crippen molar-refractivity contribution in [3.05, 3.63) is 95.4 Å². The van der Waals surface area contributed by atoms with Gasteiger partial charge in [0.1, 0.15) is 0 Å². The molecule has 29 heavy (non-hydrogen) atoms. The molecule has 1 N–H and O–H groups in total. The van der Waals surface area contributed by atoms with Crippen LogP contribution in [-0.2, 0) is 5.41 Å². The molecule has 0 spiro atoms. The van der Waals surface area contributed by atoms with Crippen molar-refractivity contribution in [3.63, 3.8) is 0 Å². The van der Waals surface area contributed by atoms with Gasteiger partial charge in [0.15, 0.2) is 0 Å². The molecule has 0 amide bonds. The number of hydrogen-bond acceptors (Lipinski definition) is 2.